The first kappa shape index (κ1) is 14.0. The number of carbonyl (C=O) groups excluding carboxylic acids is 1. The molecular formula is C13H23N3O. The van der Waals surface area contributed by atoms with Gasteiger partial charge in [0.05, 0.1) is 18.5 Å². The third-order valence-electron chi connectivity index (χ3n) is 3.13. The van der Waals surface area contributed by atoms with E-state index in [2.05, 4.69) is 32.2 Å². The number of hydrogen-bond acceptors (Lipinski definition) is 3. The van der Waals surface area contributed by atoms with Gasteiger partial charge in [0.1, 0.15) is 0 Å². The van der Waals surface area contributed by atoms with E-state index in [1.807, 2.05) is 4.90 Å². The number of rotatable bonds is 4. The summed E-state index contributed by atoms with van der Waals surface area (Å²) in [6.07, 6.45) is 2.37. The van der Waals surface area contributed by atoms with E-state index < -0.39 is 0 Å². The van der Waals surface area contributed by atoms with Crippen LogP contribution in [-0.4, -0.2) is 36.5 Å². The minimum absolute atomic E-state index is 0.0770. The SMILES string of the molecule is CCCCN1CC(C)(C)CNC(CC#N)C1=O. The highest BCUT2D eigenvalue weighted by Gasteiger charge is 2.33. The highest BCUT2D eigenvalue weighted by atomic mass is 16.2. The predicted molar refractivity (Wildman–Crippen MR) is 67.3 cm³/mol. The van der Waals surface area contributed by atoms with Gasteiger partial charge < -0.3 is 10.2 Å². The van der Waals surface area contributed by atoms with Gasteiger partial charge in [-0.2, -0.15) is 5.26 Å². The summed E-state index contributed by atoms with van der Waals surface area (Å²) in [5, 5.41) is 12.0. The topological polar surface area (TPSA) is 56.1 Å². The number of unbranched alkanes of at least 4 members (excludes halogenated alkanes) is 1. The van der Waals surface area contributed by atoms with Crippen molar-refractivity contribution in [2.24, 2.45) is 5.41 Å². The molecule has 1 heterocycles. The summed E-state index contributed by atoms with van der Waals surface area (Å²) in [7, 11) is 0. The molecule has 0 aromatic rings. The average molecular weight is 237 g/mol. The largest absolute Gasteiger partial charge is 0.341 e. The molecule has 0 aromatic heterocycles. The molecule has 1 rings (SSSR count). The predicted octanol–water partition coefficient (Wildman–Crippen LogP) is 1.53. The molecule has 1 aliphatic rings. The molecule has 1 amide bonds. The van der Waals surface area contributed by atoms with Crippen molar-refractivity contribution in [1.82, 2.24) is 10.2 Å². The van der Waals surface area contributed by atoms with E-state index in [4.69, 9.17) is 5.26 Å². The number of nitrogens with zero attached hydrogens (tertiary/aromatic N) is 2. The second kappa shape index (κ2) is 6.02. The van der Waals surface area contributed by atoms with Gasteiger partial charge in [0.25, 0.3) is 0 Å². The average Bonchev–Trinajstić information content (AvgIpc) is 2.38. The summed E-state index contributed by atoms with van der Waals surface area (Å²) < 4.78 is 0. The first-order chi connectivity index (χ1) is 8.00. The molecule has 17 heavy (non-hydrogen) atoms. The van der Waals surface area contributed by atoms with E-state index in [0.717, 1.165) is 32.5 Å². The Balaban J connectivity index is 2.76. The summed E-state index contributed by atoms with van der Waals surface area (Å²) >= 11 is 0. The van der Waals surface area contributed by atoms with E-state index in [1.54, 1.807) is 0 Å². The van der Waals surface area contributed by atoms with Crippen LogP contribution in [0.25, 0.3) is 0 Å². The van der Waals surface area contributed by atoms with Gasteiger partial charge in [-0.25, -0.2) is 0 Å². The van der Waals surface area contributed by atoms with Crippen LogP contribution in [0.4, 0.5) is 0 Å². The van der Waals surface area contributed by atoms with Crippen molar-refractivity contribution in [1.29, 1.82) is 5.26 Å². The molecule has 0 spiro atoms. The molecular weight excluding hydrogens is 214 g/mol. The Morgan fingerprint density at radius 3 is 2.88 bits per heavy atom. The lowest BCUT2D eigenvalue weighted by Crippen LogP contribution is -2.43. The normalized spacial score (nSPS) is 24.2. The number of carbonyl (C=O) groups is 1. The first-order valence-corrected chi connectivity index (χ1v) is 6.39. The Bertz CT molecular complexity index is 306. The zero-order valence-electron chi connectivity index (χ0n) is 11.1. The monoisotopic (exact) mass is 237 g/mol. The Morgan fingerprint density at radius 2 is 2.29 bits per heavy atom. The summed E-state index contributed by atoms with van der Waals surface area (Å²) in [4.78, 5) is 14.2. The fourth-order valence-electron chi connectivity index (χ4n) is 2.15. The Hall–Kier alpha value is -1.08. The molecule has 1 N–H and O–H groups in total. The van der Waals surface area contributed by atoms with Crippen LogP contribution in [0.15, 0.2) is 0 Å². The molecule has 0 radical (unpaired) electrons. The zero-order chi connectivity index (χ0) is 12.9. The fraction of sp³-hybridized carbons (Fsp3) is 0.846. The van der Waals surface area contributed by atoms with Gasteiger partial charge in [0, 0.05) is 19.6 Å². The highest BCUT2D eigenvalue weighted by molar-refractivity contribution is 5.82. The van der Waals surface area contributed by atoms with Crippen LogP contribution in [-0.2, 0) is 4.79 Å². The van der Waals surface area contributed by atoms with Gasteiger partial charge in [-0.15, -0.1) is 0 Å². The first-order valence-electron chi connectivity index (χ1n) is 6.39. The van der Waals surface area contributed by atoms with Gasteiger partial charge in [0.2, 0.25) is 5.91 Å². The van der Waals surface area contributed by atoms with Crippen LogP contribution in [0.5, 0.6) is 0 Å². The standard InChI is InChI=1S/C13H23N3O/c1-4-5-8-16-10-13(2,3)9-15-11(6-7-14)12(16)17/h11,15H,4-6,8-10H2,1-3H3. The number of nitrogens with one attached hydrogen (secondary N) is 1. The summed E-state index contributed by atoms with van der Waals surface area (Å²) in [5.74, 6) is 0.0885. The van der Waals surface area contributed by atoms with E-state index in [0.29, 0.717) is 0 Å². The summed E-state index contributed by atoms with van der Waals surface area (Å²) in [5.41, 5.74) is 0.0770. The molecule has 4 nitrogen and oxygen atoms in total. The maximum absolute atomic E-state index is 12.2. The van der Waals surface area contributed by atoms with Crippen molar-refractivity contribution < 1.29 is 4.79 Å². The molecule has 0 aromatic carbocycles. The smallest absolute Gasteiger partial charge is 0.240 e. The minimum atomic E-state index is -0.321. The molecule has 0 saturated carbocycles. The van der Waals surface area contributed by atoms with Crippen molar-refractivity contribution in [2.75, 3.05) is 19.6 Å². The molecule has 1 saturated heterocycles. The Morgan fingerprint density at radius 1 is 1.59 bits per heavy atom. The molecule has 96 valence electrons. The molecule has 1 aliphatic heterocycles. The van der Waals surface area contributed by atoms with E-state index >= 15 is 0 Å². The van der Waals surface area contributed by atoms with E-state index in [9.17, 15) is 4.79 Å². The Labute approximate surface area is 104 Å². The Kier molecular flexibility index (Phi) is 4.95. The maximum atomic E-state index is 12.2. The van der Waals surface area contributed by atoms with Crippen molar-refractivity contribution in [2.45, 2.75) is 46.1 Å². The van der Waals surface area contributed by atoms with Crippen LogP contribution in [0, 0.1) is 16.7 Å². The summed E-state index contributed by atoms with van der Waals surface area (Å²) in [6.45, 7) is 8.80. The molecule has 1 fully saturated rings. The van der Waals surface area contributed by atoms with Crippen LogP contribution < -0.4 is 5.32 Å². The van der Waals surface area contributed by atoms with Crippen molar-refractivity contribution >= 4 is 5.91 Å². The lowest BCUT2D eigenvalue weighted by atomic mass is 9.93. The van der Waals surface area contributed by atoms with Crippen LogP contribution >= 0.6 is 0 Å². The lowest BCUT2D eigenvalue weighted by Gasteiger charge is -2.29. The van der Waals surface area contributed by atoms with Gasteiger partial charge >= 0.3 is 0 Å². The second-order valence-corrected chi connectivity index (χ2v) is 5.57. The van der Waals surface area contributed by atoms with Crippen LogP contribution in [0.1, 0.15) is 40.0 Å². The number of hydrogen-bond donors (Lipinski definition) is 1. The van der Waals surface area contributed by atoms with Gasteiger partial charge in [-0.05, 0) is 11.8 Å². The van der Waals surface area contributed by atoms with Gasteiger partial charge in [-0.3, -0.25) is 4.79 Å². The molecule has 0 bridgehead atoms. The van der Waals surface area contributed by atoms with E-state index in [-0.39, 0.29) is 23.8 Å². The summed E-state index contributed by atoms with van der Waals surface area (Å²) in [6, 6.07) is 1.77. The van der Waals surface area contributed by atoms with Gasteiger partial charge in [-0.1, -0.05) is 27.2 Å². The molecule has 0 aliphatic carbocycles. The second-order valence-electron chi connectivity index (χ2n) is 5.57. The zero-order valence-corrected chi connectivity index (χ0v) is 11.1. The quantitative estimate of drug-likeness (QED) is 0.806. The third kappa shape index (κ3) is 4.01. The van der Waals surface area contributed by atoms with Crippen LogP contribution in [0.2, 0.25) is 0 Å². The fourth-order valence-corrected chi connectivity index (χ4v) is 2.15. The van der Waals surface area contributed by atoms with E-state index in [1.165, 1.54) is 0 Å². The van der Waals surface area contributed by atoms with Crippen molar-refractivity contribution in [3.05, 3.63) is 0 Å². The molecule has 4 heteroatoms. The van der Waals surface area contributed by atoms with Gasteiger partial charge in [0.15, 0.2) is 0 Å². The number of nitriles is 1. The lowest BCUT2D eigenvalue weighted by molar-refractivity contribution is -0.133. The number of amides is 1. The van der Waals surface area contributed by atoms with Crippen molar-refractivity contribution in [3.63, 3.8) is 0 Å². The molecule has 1 atom stereocenters. The maximum Gasteiger partial charge on any atom is 0.240 e. The van der Waals surface area contributed by atoms with Crippen LogP contribution in [0.3, 0.4) is 0 Å². The minimum Gasteiger partial charge on any atom is -0.341 e. The molecule has 1 unspecified atom stereocenters. The van der Waals surface area contributed by atoms with Crippen molar-refractivity contribution in [3.8, 4) is 6.07 Å². The third-order valence-corrected chi connectivity index (χ3v) is 3.13. The highest BCUT2D eigenvalue weighted by Crippen LogP contribution is 2.21.